The van der Waals surface area contributed by atoms with Gasteiger partial charge in [0, 0.05) is 18.1 Å². The Morgan fingerprint density at radius 1 is 1.47 bits per heavy atom. The summed E-state index contributed by atoms with van der Waals surface area (Å²) in [5.74, 6) is 1.31. The van der Waals surface area contributed by atoms with Crippen LogP contribution in [0.4, 0.5) is 0 Å². The van der Waals surface area contributed by atoms with Gasteiger partial charge < -0.3 is 19.7 Å². The molecule has 0 saturated heterocycles. The van der Waals surface area contributed by atoms with Crippen LogP contribution in [0, 0.1) is 0 Å². The molecule has 1 aromatic rings. The molecular weight excluding hydrogens is 244 g/mol. The van der Waals surface area contributed by atoms with Gasteiger partial charge >= 0.3 is 0 Å². The Balaban J connectivity index is 2.14. The van der Waals surface area contributed by atoms with Gasteiger partial charge in [-0.05, 0) is 32.4 Å². The van der Waals surface area contributed by atoms with Crippen molar-refractivity contribution in [3.05, 3.63) is 23.8 Å². The molecule has 4 nitrogen and oxygen atoms in total. The lowest BCUT2D eigenvalue weighted by Gasteiger charge is -2.35. The van der Waals surface area contributed by atoms with Crippen LogP contribution in [0.25, 0.3) is 0 Å². The zero-order valence-corrected chi connectivity index (χ0v) is 11.7. The fraction of sp³-hybridized carbons (Fsp3) is 0.600. The molecule has 4 heteroatoms. The summed E-state index contributed by atoms with van der Waals surface area (Å²) >= 11 is 0. The third-order valence-electron chi connectivity index (χ3n) is 3.33. The number of aliphatic hydroxyl groups excluding tert-OH is 2. The number of hydrogen-bond donors (Lipinski definition) is 2. The first-order valence-electron chi connectivity index (χ1n) is 6.73. The van der Waals surface area contributed by atoms with E-state index in [1.165, 1.54) is 0 Å². The van der Waals surface area contributed by atoms with Crippen molar-refractivity contribution in [1.82, 2.24) is 0 Å². The molecule has 2 rings (SSSR count). The maximum Gasteiger partial charge on any atom is 0.129 e. The summed E-state index contributed by atoms with van der Waals surface area (Å²) in [6, 6.07) is 5.40. The van der Waals surface area contributed by atoms with Gasteiger partial charge in [-0.2, -0.15) is 0 Å². The Kier molecular flexibility index (Phi) is 4.02. The Labute approximate surface area is 114 Å². The summed E-state index contributed by atoms with van der Waals surface area (Å²) in [4.78, 5) is 0. The van der Waals surface area contributed by atoms with Crippen LogP contribution in [0.1, 0.15) is 45.3 Å². The number of ether oxygens (including phenoxy) is 2. The predicted molar refractivity (Wildman–Crippen MR) is 72.5 cm³/mol. The fourth-order valence-corrected chi connectivity index (χ4v) is 2.19. The zero-order valence-electron chi connectivity index (χ0n) is 11.7. The van der Waals surface area contributed by atoms with Gasteiger partial charge in [0.25, 0.3) is 0 Å². The lowest BCUT2D eigenvalue weighted by Crippen LogP contribution is -2.34. The molecule has 1 heterocycles. The second-order valence-corrected chi connectivity index (χ2v) is 5.65. The van der Waals surface area contributed by atoms with E-state index < -0.39 is 12.2 Å². The summed E-state index contributed by atoms with van der Waals surface area (Å²) < 4.78 is 11.4. The van der Waals surface area contributed by atoms with E-state index in [9.17, 15) is 10.2 Å². The third-order valence-corrected chi connectivity index (χ3v) is 3.33. The number of fused-ring (bicyclic) bond motifs is 1. The number of hydrogen-bond acceptors (Lipinski definition) is 4. The van der Waals surface area contributed by atoms with Crippen LogP contribution in [-0.4, -0.2) is 28.5 Å². The average molecular weight is 266 g/mol. The first-order chi connectivity index (χ1) is 8.91. The molecule has 0 spiro atoms. The van der Waals surface area contributed by atoms with Crippen molar-refractivity contribution in [1.29, 1.82) is 0 Å². The van der Waals surface area contributed by atoms with Crippen molar-refractivity contribution in [2.45, 2.75) is 51.4 Å². The molecule has 2 unspecified atom stereocenters. The van der Waals surface area contributed by atoms with Crippen LogP contribution < -0.4 is 9.47 Å². The first kappa shape index (κ1) is 14.2. The third kappa shape index (κ3) is 3.39. The average Bonchev–Trinajstić information content (AvgIpc) is 2.33. The second-order valence-electron chi connectivity index (χ2n) is 5.65. The highest BCUT2D eigenvalue weighted by atomic mass is 16.5. The summed E-state index contributed by atoms with van der Waals surface area (Å²) in [5, 5.41) is 19.6. The summed E-state index contributed by atoms with van der Waals surface area (Å²) in [5.41, 5.74) is 0.413. The SMILES string of the molecule is CCC(O)COc1ccc2c(c1)OC(C)(C)CC2O. The number of benzene rings is 1. The van der Waals surface area contributed by atoms with Gasteiger partial charge in [0.2, 0.25) is 0 Å². The second kappa shape index (κ2) is 5.39. The molecule has 1 aliphatic heterocycles. The molecule has 0 amide bonds. The van der Waals surface area contributed by atoms with E-state index in [-0.39, 0.29) is 12.2 Å². The predicted octanol–water partition coefficient (Wildman–Crippen LogP) is 2.43. The van der Waals surface area contributed by atoms with Gasteiger partial charge in [0.1, 0.15) is 23.7 Å². The highest BCUT2D eigenvalue weighted by molar-refractivity contribution is 5.43. The molecule has 0 aromatic heterocycles. The van der Waals surface area contributed by atoms with Crippen molar-refractivity contribution in [3.63, 3.8) is 0 Å². The van der Waals surface area contributed by atoms with Gasteiger partial charge in [0.15, 0.2) is 0 Å². The summed E-state index contributed by atoms with van der Waals surface area (Å²) in [6.07, 6.45) is 0.273. The van der Waals surface area contributed by atoms with Gasteiger partial charge in [-0.25, -0.2) is 0 Å². The highest BCUT2D eigenvalue weighted by Crippen LogP contribution is 2.41. The maximum atomic E-state index is 10.1. The Bertz CT molecular complexity index is 442. The van der Waals surface area contributed by atoms with Crippen LogP contribution in [0.3, 0.4) is 0 Å². The lowest BCUT2D eigenvalue weighted by atomic mass is 9.92. The molecule has 2 atom stereocenters. The van der Waals surface area contributed by atoms with Crippen LogP contribution in [-0.2, 0) is 0 Å². The minimum absolute atomic E-state index is 0.265. The zero-order chi connectivity index (χ0) is 14.0. The van der Waals surface area contributed by atoms with Crippen LogP contribution >= 0.6 is 0 Å². The molecule has 0 aliphatic carbocycles. The van der Waals surface area contributed by atoms with Gasteiger partial charge in [-0.1, -0.05) is 6.92 Å². The van der Waals surface area contributed by atoms with Crippen molar-refractivity contribution < 1.29 is 19.7 Å². The van der Waals surface area contributed by atoms with Crippen molar-refractivity contribution in [3.8, 4) is 11.5 Å². The molecule has 1 aliphatic rings. The maximum absolute atomic E-state index is 10.1. The fourth-order valence-electron chi connectivity index (χ4n) is 2.19. The van der Waals surface area contributed by atoms with E-state index >= 15 is 0 Å². The van der Waals surface area contributed by atoms with Crippen molar-refractivity contribution in [2.24, 2.45) is 0 Å². The molecule has 19 heavy (non-hydrogen) atoms. The van der Waals surface area contributed by atoms with E-state index in [1.54, 1.807) is 12.1 Å². The van der Waals surface area contributed by atoms with Crippen molar-refractivity contribution >= 4 is 0 Å². The van der Waals surface area contributed by atoms with Gasteiger partial charge in [-0.3, -0.25) is 0 Å². The molecule has 0 fully saturated rings. The van der Waals surface area contributed by atoms with E-state index in [4.69, 9.17) is 9.47 Å². The normalized spacial score (nSPS) is 22.3. The Morgan fingerprint density at radius 3 is 2.89 bits per heavy atom. The minimum atomic E-state index is -0.506. The Hall–Kier alpha value is -1.26. The summed E-state index contributed by atoms with van der Waals surface area (Å²) in [7, 11) is 0. The van der Waals surface area contributed by atoms with E-state index in [0.717, 1.165) is 5.56 Å². The minimum Gasteiger partial charge on any atom is -0.491 e. The van der Waals surface area contributed by atoms with E-state index in [0.29, 0.717) is 24.3 Å². The Morgan fingerprint density at radius 2 is 2.21 bits per heavy atom. The van der Waals surface area contributed by atoms with E-state index in [1.807, 2.05) is 26.8 Å². The molecule has 0 saturated carbocycles. The van der Waals surface area contributed by atoms with Crippen LogP contribution in [0.15, 0.2) is 18.2 Å². The van der Waals surface area contributed by atoms with E-state index in [2.05, 4.69) is 0 Å². The standard InChI is InChI=1S/C15H22O4/c1-4-10(16)9-18-11-5-6-12-13(17)8-15(2,3)19-14(12)7-11/h5-7,10,13,16-17H,4,8-9H2,1-3H3. The largest absolute Gasteiger partial charge is 0.491 e. The monoisotopic (exact) mass is 266 g/mol. The molecule has 106 valence electrons. The molecule has 0 bridgehead atoms. The number of aliphatic hydroxyl groups is 2. The molecular formula is C15H22O4. The molecule has 1 aromatic carbocycles. The smallest absolute Gasteiger partial charge is 0.129 e. The quantitative estimate of drug-likeness (QED) is 0.878. The first-order valence-corrected chi connectivity index (χ1v) is 6.73. The van der Waals surface area contributed by atoms with Crippen LogP contribution in [0.2, 0.25) is 0 Å². The van der Waals surface area contributed by atoms with Crippen molar-refractivity contribution in [2.75, 3.05) is 6.61 Å². The highest BCUT2D eigenvalue weighted by Gasteiger charge is 2.32. The van der Waals surface area contributed by atoms with Gasteiger partial charge in [-0.15, -0.1) is 0 Å². The summed E-state index contributed by atoms with van der Waals surface area (Å²) in [6.45, 7) is 6.07. The topological polar surface area (TPSA) is 58.9 Å². The number of rotatable bonds is 4. The molecule has 2 N–H and O–H groups in total. The molecule has 0 radical (unpaired) electrons. The van der Waals surface area contributed by atoms with Crippen LogP contribution in [0.5, 0.6) is 11.5 Å². The van der Waals surface area contributed by atoms with Gasteiger partial charge in [0.05, 0.1) is 12.2 Å². The lowest BCUT2D eigenvalue weighted by molar-refractivity contribution is 0.0111.